The molecule has 0 bridgehead atoms. The third kappa shape index (κ3) is 7.85. The predicted octanol–water partition coefficient (Wildman–Crippen LogP) is 21.3. The Morgan fingerprint density at radius 1 is 0.213 bits per heavy atom. The highest BCUT2D eigenvalue weighted by Gasteiger charge is 2.33. The Balaban J connectivity index is 1.11. The minimum Gasteiger partial charge on any atom is -0.310 e. The van der Waals surface area contributed by atoms with Gasteiger partial charge in [0.1, 0.15) is 11.4 Å². The first kappa shape index (κ1) is 50.3. The smallest absolute Gasteiger partial charge is 0.165 e. The number of pyridine rings is 2. The Kier molecular flexibility index (Phi) is 11.5. The van der Waals surface area contributed by atoms with Crippen LogP contribution in [0.15, 0.2) is 322 Å². The summed E-state index contributed by atoms with van der Waals surface area (Å²) >= 11 is 0. The number of fused-ring (bicyclic) bond motifs is 12. The molecule has 0 aliphatic carbocycles. The maximum atomic E-state index is 6.56. The van der Waals surface area contributed by atoms with Crippen molar-refractivity contribution in [3.8, 4) is 56.7 Å². The summed E-state index contributed by atoms with van der Waals surface area (Å²) in [7, 11) is 0. The van der Waals surface area contributed by atoms with Crippen LogP contribution in [0.3, 0.4) is 0 Å². The number of aromatic nitrogens is 6. The second-order valence-electron chi connectivity index (χ2n) is 22.9. The maximum absolute atomic E-state index is 6.56. The van der Waals surface area contributed by atoms with E-state index in [1.807, 2.05) is 0 Å². The lowest BCUT2D eigenvalue weighted by atomic mass is 9.96. The van der Waals surface area contributed by atoms with Crippen LogP contribution >= 0.6 is 0 Å². The number of benzene rings is 12. The summed E-state index contributed by atoms with van der Waals surface area (Å²) in [5.74, 6) is 1.53. The summed E-state index contributed by atoms with van der Waals surface area (Å²) in [5.41, 5.74) is 19.1. The van der Waals surface area contributed by atoms with Crippen molar-refractivity contribution in [1.29, 1.82) is 0 Å². The van der Waals surface area contributed by atoms with Crippen LogP contribution in [0, 0.1) is 0 Å². The highest BCUT2D eigenvalue weighted by atomic mass is 15.2. The van der Waals surface area contributed by atoms with Gasteiger partial charge in [-0.05, 0) is 103 Å². The first-order valence-corrected chi connectivity index (χ1v) is 30.3. The largest absolute Gasteiger partial charge is 0.310 e. The van der Waals surface area contributed by atoms with E-state index in [0.29, 0.717) is 0 Å². The average molecular weight is 1140 g/mol. The van der Waals surface area contributed by atoms with Crippen LogP contribution < -0.4 is 4.90 Å². The van der Waals surface area contributed by atoms with E-state index in [2.05, 4.69) is 345 Å². The van der Waals surface area contributed by atoms with E-state index in [0.717, 1.165) is 161 Å². The average Bonchev–Trinajstić information content (AvgIpc) is 1.68. The van der Waals surface area contributed by atoms with Crippen molar-refractivity contribution < 1.29 is 0 Å². The van der Waals surface area contributed by atoms with Gasteiger partial charge in [-0.2, -0.15) is 0 Å². The zero-order valence-electron chi connectivity index (χ0n) is 48.2. The molecule has 0 saturated heterocycles. The Labute approximate surface area is 512 Å². The molecule has 0 unspecified atom stereocenters. The van der Waals surface area contributed by atoms with Gasteiger partial charge in [0.25, 0.3) is 0 Å². The zero-order chi connectivity index (χ0) is 58.5. The van der Waals surface area contributed by atoms with Gasteiger partial charge < -0.3 is 14.0 Å². The third-order valence-electron chi connectivity index (χ3n) is 17.9. The van der Waals surface area contributed by atoms with Crippen LogP contribution in [0.25, 0.3) is 144 Å². The van der Waals surface area contributed by atoms with Gasteiger partial charge >= 0.3 is 0 Å². The quantitative estimate of drug-likeness (QED) is 0.137. The monoisotopic (exact) mass is 1140 g/mol. The second kappa shape index (κ2) is 20.3. The zero-order valence-corrected chi connectivity index (χ0v) is 48.2. The molecule has 12 aromatic carbocycles. The first-order valence-electron chi connectivity index (χ1n) is 30.3. The van der Waals surface area contributed by atoms with E-state index < -0.39 is 0 Å². The molecule has 0 N–H and O–H groups in total. The molecule has 89 heavy (non-hydrogen) atoms. The van der Waals surface area contributed by atoms with Crippen molar-refractivity contribution in [2.24, 2.45) is 0 Å². The Bertz CT molecular complexity index is 5540. The molecule has 6 heterocycles. The van der Waals surface area contributed by atoms with Crippen LogP contribution in [0.1, 0.15) is 0 Å². The van der Waals surface area contributed by atoms with Gasteiger partial charge in [-0.1, -0.05) is 224 Å². The molecular weight excluding hydrogens is 1080 g/mol. The van der Waals surface area contributed by atoms with Gasteiger partial charge in [0, 0.05) is 76.8 Å². The SMILES string of the molecule is c1ccc(-c2cc(-c3c(-n4c5ccccc5c5ccccc54)c(-n4c5ccccc5c5ccccc54)nc(-n4c5ccccc5c5cc(N(c6ccccc6)c6ccccc6)ccc54)c3-n3c4ccccc4c4ccccc43)cc(-c3ccccc3)n2)cc1. The Hall–Kier alpha value is -12.1. The molecule has 416 valence electrons. The number of rotatable bonds is 10. The number of nitrogens with zero attached hydrogens (tertiary/aromatic N) is 7. The summed E-state index contributed by atoms with van der Waals surface area (Å²) in [6.07, 6.45) is 0. The normalized spacial score (nSPS) is 11.8. The Morgan fingerprint density at radius 2 is 0.506 bits per heavy atom. The van der Waals surface area contributed by atoms with E-state index in [1.54, 1.807) is 0 Å². The summed E-state index contributed by atoms with van der Waals surface area (Å²) in [6, 6.07) is 116. The second-order valence-corrected chi connectivity index (χ2v) is 22.9. The van der Waals surface area contributed by atoms with Crippen LogP contribution in [-0.2, 0) is 0 Å². The molecule has 0 spiro atoms. The molecule has 18 rings (SSSR count). The van der Waals surface area contributed by atoms with Gasteiger partial charge in [0.05, 0.1) is 55.5 Å². The van der Waals surface area contributed by atoms with Crippen LogP contribution in [0.4, 0.5) is 17.1 Å². The van der Waals surface area contributed by atoms with Gasteiger partial charge in [-0.15, -0.1) is 0 Å². The Morgan fingerprint density at radius 3 is 0.865 bits per heavy atom. The summed E-state index contributed by atoms with van der Waals surface area (Å²) in [4.78, 5) is 14.5. The van der Waals surface area contributed by atoms with Gasteiger partial charge in [0.2, 0.25) is 0 Å². The molecule has 7 nitrogen and oxygen atoms in total. The van der Waals surface area contributed by atoms with Crippen molar-refractivity contribution in [2.45, 2.75) is 0 Å². The summed E-state index contributed by atoms with van der Waals surface area (Å²) in [5, 5.41) is 9.05. The molecule has 0 fully saturated rings. The molecule has 7 heteroatoms. The molecule has 0 aliphatic rings. The van der Waals surface area contributed by atoms with E-state index >= 15 is 0 Å². The highest BCUT2D eigenvalue weighted by molar-refractivity contribution is 6.16. The number of anilines is 3. The topological polar surface area (TPSA) is 48.7 Å². The third-order valence-corrected chi connectivity index (χ3v) is 17.9. The molecule has 6 aromatic heterocycles. The van der Waals surface area contributed by atoms with Crippen LogP contribution in [0.5, 0.6) is 0 Å². The van der Waals surface area contributed by atoms with E-state index in [4.69, 9.17) is 9.97 Å². The van der Waals surface area contributed by atoms with Gasteiger partial charge in [0.15, 0.2) is 11.6 Å². The van der Waals surface area contributed by atoms with Crippen molar-refractivity contribution in [2.75, 3.05) is 4.90 Å². The number of hydrogen-bond acceptors (Lipinski definition) is 3. The predicted molar refractivity (Wildman–Crippen MR) is 370 cm³/mol. The van der Waals surface area contributed by atoms with Gasteiger partial charge in [-0.25, -0.2) is 9.97 Å². The minimum absolute atomic E-state index is 0.758. The first-order chi connectivity index (χ1) is 44.2. The molecule has 0 radical (unpaired) electrons. The van der Waals surface area contributed by atoms with Crippen LogP contribution in [0.2, 0.25) is 0 Å². The number of hydrogen-bond donors (Lipinski definition) is 0. The van der Waals surface area contributed by atoms with Crippen molar-refractivity contribution >= 4 is 104 Å². The standard InChI is InChI=1S/C82H53N7/c1-5-27-54(28-6-1)68-51-56(52-69(83-68)55-29-7-2-8-30-55)78-79(86-70-42-20-13-35-60(70)61-36-14-21-43-71(61)86)81(88-74-46-24-17-39-64(74)65-40-18-25-47-75(65)88)84-82(80(78)87-72-44-22-15-37-62(72)63-38-16-23-45-73(63)87)89-76-48-26-19-41-66(76)67-53-59(49-50-77(67)89)85(57-31-9-3-10-32-57)58-33-11-4-12-34-58/h1-53H. The number of para-hydroxylation sites is 9. The van der Waals surface area contributed by atoms with Crippen molar-refractivity contribution in [3.63, 3.8) is 0 Å². The highest BCUT2D eigenvalue weighted by Crippen LogP contribution is 2.50. The fourth-order valence-electron chi connectivity index (χ4n) is 14.1. The molecule has 18 aromatic rings. The molecule has 0 atom stereocenters. The van der Waals surface area contributed by atoms with Crippen molar-refractivity contribution in [1.82, 2.24) is 28.2 Å². The molecular formula is C82H53N7. The molecule has 0 saturated carbocycles. The van der Waals surface area contributed by atoms with Crippen molar-refractivity contribution in [3.05, 3.63) is 322 Å². The van der Waals surface area contributed by atoms with Crippen LogP contribution in [-0.4, -0.2) is 28.2 Å². The lowest BCUT2D eigenvalue weighted by Gasteiger charge is -2.27. The van der Waals surface area contributed by atoms with E-state index in [-0.39, 0.29) is 0 Å². The van der Waals surface area contributed by atoms with E-state index in [9.17, 15) is 0 Å². The maximum Gasteiger partial charge on any atom is 0.165 e. The summed E-state index contributed by atoms with van der Waals surface area (Å²) in [6.45, 7) is 0. The lowest BCUT2D eigenvalue weighted by molar-refractivity contribution is 0.961. The fraction of sp³-hybridized carbons (Fsp3) is 0. The van der Waals surface area contributed by atoms with Gasteiger partial charge in [-0.3, -0.25) is 9.13 Å². The molecule has 0 amide bonds. The van der Waals surface area contributed by atoms with E-state index in [1.165, 1.54) is 0 Å². The fourth-order valence-corrected chi connectivity index (χ4v) is 14.1. The minimum atomic E-state index is 0.758. The lowest BCUT2D eigenvalue weighted by Crippen LogP contribution is -2.16. The molecule has 0 aliphatic heterocycles. The summed E-state index contributed by atoms with van der Waals surface area (Å²) < 4.78 is 9.92.